The summed E-state index contributed by atoms with van der Waals surface area (Å²) in [6.07, 6.45) is 2.94. The minimum absolute atomic E-state index is 0.0439. The molecule has 1 aromatic rings. The Labute approximate surface area is 148 Å². The highest BCUT2D eigenvalue weighted by atomic mass is 16.5. The monoisotopic (exact) mass is 346 g/mol. The molecule has 3 rings (SSSR count). The second-order valence-electron chi connectivity index (χ2n) is 6.98. The first-order valence-electron chi connectivity index (χ1n) is 9.04. The van der Waals surface area contributed by atoms with Crippen LogP contribution in [0, 0.1) is 11.8 Å². The van der Waals surface area contributed by atoms with E-state index in [4.69, 9.17) is 9.84 Å². The van der Waals surface area contributed by atoms with Gasteiger partial charge in [-0.1, -0.05) is 30.3 Å². The standard InChI is InChI=1S/C19H26N2O4/c22-18(23)16-6-9-21(10-7-16)19(24)20-17(12-14-8-11-25-13-14)15-4-2-1-3-5-15/h1-5,14,16-17H,6-13H2,(H,20,24)(H,22,23). The quantitative estimate of drug-likeness (QED) is 0.859. The first kappa shape index (κ1) is 17.7. The fourth-order valence-corrected chi connectivity index (χ4v) is 3.64. The van der Waals surface area contributed by atoms with Crippen LogP contribution in [0.2, 0.25) is 0 Å². The fourth-order valence-electron chi connectivity index (χ4n) is 3.64. The summed E-state index contributed by atoms with van der Waals surface area (Å²) in [5, 5.41) is 12.2. The smallest absolute Gasteiger partial charge is 0.317 e. The van der Waals surface area contributed by atoms with E-state index < -0.39 is 5.97 Å². The number of ether oxygens (including phenoxy) is 1. The normalized spacial score (nSPS) is 22.6. The van der Waals surface area contributed by atoms with Crippen LogP contribution in [0.4, 0.5) is 4.79 Å². The van der Waals surface area contributed by atoms with E-state index in [9.17, 15) is 9.59 Å². The second-order valence-corrected chi connectivity index (χ2v) is 6.98. The number of aliphatic carboxylic acids is 1. The number of carboxylic acids is 1. The van der Waals surface area contributed by atoms with Crippen LogP contribution in [0.15, 0.2) is 30.3 Å². The maximum Gasteiger partial charge on any atom is 0.317 e. The topological polar surface area (TPSA) is 78.9 Å². The summed E-state index contributed by atoms with van der Waals surface area (Å²) >= 11 is 0. The molecule has 6 heteroatoms. The highest BCUT2D eigenvalue weighted by Gasteiger charge is 2.29. The van der Waals surface area contributed by atoms with Crippen LogP contribution in [0.1, 0.15) is 37.3 Å². The number of benzene rings is 1. The zero-order valence-corrected chi connectivity index (χ0v) is 14.4. The Balaban J connectivity index is 1.61. The summed E-state index contributed by atoms with van der Waals surface area (Å²) in [5.74, 6) is -0.628. The molecular weight excluding hydrogens is 320 g/mol. The van der Waals surface area contributed by atoms with Crippen molar-refractivity contribution in [3.63, 3.8) is 0 Å². The molecule has 25 heavy (non-hydrogen) atoms. The van der Waals surface area contributed by atoms with Gasteiger partial charge in [-0.25, -0.2) is 4.79 Å². The Hall–Kier alpha value is -2.08. The van der Waals surface area contributed by atoms with Gasteiger partial charge in [0, 0.05) is 26.3 Å². The van der Waals surface area contributed by atoms with Crippen molar-refractivity contribution >= 4 is 12.0 Å². The highest BCUT2D eigenvalue weighted by molar-refractivity contribution is 5.75. The average molecular weight is 346 g/mol. The van der Waals surface area contributed by atoms with Gasteiger partial charge in [-0.2, -0.15) is 0 Å². The van der Waals surface area contributed by atoms with Gasteiger partial charge in [-0.05, 0) is 37.2 Å². The van der Waals surface area contributed by atoms with Crippen LogP contribution < -0.4 is 5.32 Å². The third-order valence-electron chi connectivity index (χ3n) is 5.22. The maximum atomic E-state index is 12.7. The van der Waals surface area contributed by atoms with Crippen molar-refractivity contribution in [3.05, 3.63) is 35.9 Å². The van der Waals surface area contributed by atoms with Gasteiger partial charge < -0.3 is 20.1 Å². The molecule has 0 spiro atoms. The number of urea groups is 1. The maximum absolute atomic E-state index is 12.7. The zero-order chi connectivity index (χ0) is 17.6. The lowest BCUT2D eigenvalue weighted by Gasteiger charge is -2.32. The fraction of sp³-hybridized carbons (Fsp3) is 0.579. The van der Waals surface area contributed by atoms with Crippen LogP contribution in [0.5, 0.6) is 0 Å². The average Bonchev–Trinajstić information content (AvgIpc) is 3.15. The van der Waals surface area contributed by atoms with Gasteiger partial charge in [0.25, 0.3) is 0 Å². The summed E-state index contributed by atoms with van der Waals surface area (Å²) in [6.45, 7) is 2.54. The number of nitrogens with one attached hydrogen (secondary N) is 1. The van der Waals surface area contributed by atoms with Crippen LogP contribution >= 0.6 is 0 Å². The lowest BCUT2D eigenvalue weighted by molar-refractivity contribution is -0.143. The molecule has 0 bridgehead atoms. The lowest BCUT2D eigenvalue weighted by Crippen LogP contribution is -2.46. The van der Waals surface area contributed by atoms with E-state index in [0.29, 0.717) is 31.8 Å². The zero-order valence-electron chi connectivity index (χ0n) is 14.4. The molecule has 0 saturated carbocycles. The van der Waals surface area contributed by atoms with Gasteiger partial charge in [0.2, 0.25) is 0 Å². The number of hydrogen-bond acceptors (Lipinski definition) is 3. The molecule has 2 amide bonds. The summed E-state index contributed by atoms with van der Waals surface area (Å²) < 4.78 is 5.47. The number of carboxylic acid groups (broad SMARTS) is 1. The molecule has 2 heterocycles. The molecule has 2 fully saturated rings. The SMILES string of the molecule is O=C(O)C1CCN(C(=O)NC(CC2CCOC2)c2ccccc2)CC1. The van der Waals surface area contributed by atoms with Crippen molar-refractivity contribution in [2.24, 2.45) is 11.8 Å². The van der Waals surface area contributed by atoms with Crippen LogP contribution in [-0.2, 0) is 9.53 Å². The Morgan fingerprint density at radius 2 is 1.92 bits per heavy atom. The number of piperidine rings is 1. The predicted octanol–water partition coefficient (Wildman–Crippen LogP) is 2.66. The largest absolute Gasteiger partial charge is 0.481 e. The van der Waals surface area contributed by atoms with Gasteiger partial charge >= 0.3 is 12.0 Å². The van der Waals surface area contributed by atoms with Gasteiger partial charge in [-0.15, -0.1) is 0 Å². The number of nitrogens with zero attached hydrogens (tertiary/aromatic N) is 1. The third kappa shape index (κ3) is 4.72. The van der Waals surface area contributed by atoms with Crippen LogP contribution in [0.3, 0.4) is 0 Å². The molecule has 0 aliphatic carbocycles. The molecule has 1 aromatic carbocycles. The molecule has 2 N–H and O–H groups in total. The summed E-state index contributed by atoms with van der Waals surface area (Å²) in [4.78, 5) is 25.5. The third-order valence-corrected chi connectivity index (χ3v) is 5.22. The number of rotatable bonds is 5. The van der Waals surface area contributed by atoms with Crippen molar-refractivity contribution in [2.75, 3.05) is 26.3 Å². The highest BCUT2D eigenvalue weighted by Crippen LogP contribution is 2.27. The lowest BCUT2D eigenvalue weighted by atomic mass is 9.94. The predicted molar refractivity (Wildman–Crippen MR) is 93.2 cm³/mol. The van der Waals surface area contributed by atoms with Crippen molar-refractivity contribution < 1.29 is 19.4 Å². The van der Waals surface area contributed by atoms with E-state index in [0.717, 1.165) is 31.6 Å². The van der Waals surface area contributed by atoms with Crippen LogP contribution in [0.25, 0.3) is 0 Å². The molecule has 2 atom stereocenters. The molecular formula is C19H26N2O4. The molecule has 2 saturated heterocycles. The number of carbonyl (C=O) groups excluding carboxylic acids is 1. The molecule has 2 aliphatic heterocycles. The van der Waals surface area contributed by atoms with E-state index in [1.165, 1.54) is 0 Å². The summed E-state index contributed by atoms with van der Waals surface area (Å²) in [5.41, 5.74) is 1.10. The van der Waals surface area contributed by atoms with E-state index in [-0.39, 0.29) is 18.0 Å². The molecule has 2 unspecified atom stereocenters. The second kappa shape index (κ2) is 8.34. The first-order chi connectivity index (χ1) is 12.1. The van der Waals surface area contributed by atoms with Crippen molar-refractivity contribution in [1.29, 1.82) is 0 Å². The number of amides is 2. The Bertz CT molecular complexity index is 578. The number of hydrogen-bond donors (Lipinski definition) is 2. The summed E-state index contributed by atoms with van der Waals surface area (Å²) in [6, 6.07) is 9.87. The Morgan fingerprint density at radius 3 is 2.52 bits per heavy atom. The van der Waals surface area contributed by atoms with Crippen molar-refractivity contribution in [2.45, 2.75) is 31.7 Å². The van der Waals surface area contributed by atoms with E-state index >= 15 is 0 Å². The van der Waals surface area contributed by atoms with Crippen molar-refractivity contribution in [1.82, 2.24) is 10.2 Å². The van der Waals surface area contributed by atoms with Gasteiger partial charge in [0.05, 0.1) is 12.0 Å². The Kier molecular flexibility index (Phi) is 5.91. The van der Waals surface area contributed by atoms with Gasteiger partial charge in [-0.3, -0.25) is 4.79 Å². The first-order valence-corrected chi connectivity index (χ1v) is 9.04. The summed E-state index contributed by atoms with van der Waals surface area (Å²) in [7, 11) is 0. The molecule has 0 aromatic heterocycles. The van der Waals surface area contributed by atoms with E-state index in [1.807, 2.05) is 30.3 Å². The van der Waals surface area contributed by atoms with Gasteiger partial charge in [0.15, 0.2) is 0 Å². The molecule has 136 valence electrons. The minimum atomic E-state index is -0.761. The van der Waals surface area contributed by atoms with Gasteiger partial charge in [0.1, 0.15) is 0 Å². The van der Waals surface area contributed by atoms with E-state index in [1.54, 1.807) is 4.90 Å². The Morgan fingerprint density at radius 1 is 1.20 bits per heavy atom. The van der Waals surface area contributed by atoms with Crippen molar-refractivity contribution in [3.8, 4) is 0 Å². The minimum Gasteiger partial charge on any atom is -0.481 e. The number of likely N-dealkylation sites (tertiary alicyclic amines) is 1. The van der Waals surface area contributed by atoms with Crippen LogP contribution in [-0.4, -0.2) is 48.3 Å². The molecule has 0 radical (unpaired) electrons. The molecule has 2 aliphatic rings. The van der Waals surface area contributed by atoms with E-state index in [2.05, 4.69) is 5.32 Å². The molecule has 6 nitrogen and oxygen atoms in total. The number of carbonyl (C=O) groups is 2.